The van der Waals surface area contributed by atoms with E-state index in [1.165, 1.54) is 0 Å². The van der Waals surface area contributed by atoms with Gasteiger partial charge >= 0.3 is 11.9 Å². The Balaban J connectivity index is 1.47. The Morgan fingerprint density at radius 1 is 1.14 bits per heavy atom. The molecule has 0 aromatic heterocycles. The number of esters is 2. The summed E-state index contributed by atoms with van der Waals surface area (Å²) < 4.78 is 11.1. The minimum atomic E-state index is -0.238. The topological polar surface area (TPSA) is 52.6 Å². The quantitative estimate of drug-likeness (QED) is 0.734. The maximum atomic E-state index is 12.0. The van der Waals surface area contributed by atoms with Crippen molar-refractivity contribution in [2.75, 3.05) is 0 Å². The lowest BCUT2D eigenvalue weighted by Crippen LogP contribution is -2.34. The standard InChI is InChI=1S/C17H24O4/c1-9-5-11(12-7-13(9)20-15(12)18)6-10-3-4-17(2)8-14(10)21-16(17)19/h9-14H,3-8H2,1-2H3/t9-,10?,11-,12?,13?,14?,17-/m1/s1. The van der Waals surface area contributed by atoms with E-state index in [1.807, 2.05) is 6.92 Å². The van der Waals surface area contributed by atoms with Crippen LogP contribution >= 0.6 is 0 Å². The summed E-state index contributed by atoms with van der Waals surface area (Å²) in [6.07, 6.45) is 6.10. The van der Waals surface area contributed by atoms with Crippen molar-refractivity contribution >= 4 is 11.9 Å². The third kappa shape index (κ3) is 2.01. The minimum absolute atomic E-state index is 0.00708. The zero-order valence-corrected chi connectivity index (χ0v) is 12.8. The molecular weight excluding hydrogens is 268 g/mol. The molecule has 0 N–H and O–H groups in total. The molecule has 21 heavy (non-hydrogen) atoms. The molecule has 4 fully saturated rings. The summed E-state index contributed by atoms with van der Waals surface area (Å²) in [7, 11) is 0. The predicted molar refractivity (Wildman–Crippen MR) is 75.2 cm³/mol. The van der Waals surface area contributed by atoms with E-state index < -0.39 is 0 Å². The molecule has 0 spiro atoms. The van der Waals surface area contributed by atoms with E-state index in [0.29, 0.717) is 17.8 Å². The summed E-state index contributed by atoms with van der Waals surface area (Å²) in [5, 5.41) is 0. The summed E-state index contributed by atoms with van der Waals surface area (Å²) in [5.41, 5.74) is -0.238. The summed E-state index contributed by atoms with van der Waals surface area (Å²) in [6, 6.07) is 0. The average Bonchev–Trinajstić information content (AvgIpc) is 2.89. The Morgan fingerprint density at radius 3 is 2.76 bits per heavy atom. The van der Waals surface area contributed by atoms with Gasteiger partial charge in [-0.25, -0.2) is 0 Å². The summed E-state index contributed by atoms with van der Waals surface area (Å²) in [6.45, 7) is 4.23. The molecule has 4 bridgehead atoms. The first-order valence-corrected chi connectivity index (χ1v) is 8.38. The van der Waals surface area contributed by atoms with E-state index in [-0.39, 0.29) is 35.5 Å². The van der Waals surface area contributed by atoms with Crippen molar-refractivity contribution in [3.8, 4) is 0 Å². The Bertz CT molecular complexity index is 487. The van der Waals surface area contributed by atoms with Crippen molar-refractivity contribution in [2.24, 2.45) is 29.1 Å². The Hall–Kier alpha value is -1.06. The van der Waals surface area contributed by atoms with Crippen LogP contribution in [-0.4, -0.2) is 24.1 Å². The lowest BCUT2D eigenvalue weighted by molar-refractivity contribution is -0.148. The van der Waals surface area contributed by atoms with Gasteiger partial charge in [0.2, 0.25) is 0 Å². The van der Waals surface area contributed by atoms with Gasteiger partial charge in [-0.05, 0) is 56.8 Å². The Labute approximate surface area is 125 Å². The first-order chi connectivity index (χ1) is 9.96. The van der Waals surface area contributed by atoms with Gasteiger partial charge in [0, 0.05) is 6.42 Å². The van der Waals surface area contributed by atoms with Gasteiger partial charge in [-0.2, -0.15) is 0 Å². The zero-order chi connectivity index (χ0) is 14.8. The van der Waals surface area contributed by atoms with Crippen molar-refractivity contribution in [3.05, 3.63) is 0 Å². The van der Waals surface area contributed by atoms with E-state index in [4.69, 9.17) is 9.47 Å². The lowest BCUT2D eigenvalue weighted by Gasteiger charge is -2.36. The lowest BCUT2D eigenvalue weighted by atomic mass is 9.66. The highest BCUT2D eigenvalue weighted by atomic mass is 16.6. The molecular formula is C17H24O4. The molecule has 2 saturated carbocycles. The van der Waals surface area contributed by atoms with E-state index in [9.17, 15) is 9.59 Å². The SMILES string of the molecule is C[C@@H]1C[C@H](CC2CC[C@]3(C)CC2OC3=O)C2CC1OC2=O. The first kappa shape index (κ1) is 13.6. The maximum Gasteiger partial charge on any atom is 0.312 e. The largest absolute Gasteiger partial charge is 0.462 e. The molecule has 0 aromatic carbocycles. The third-order valence-electron chi connectivity index (χ3n) is 6.54. The molecule has 2 aliphatic heterocycles. The number of carbonyl (C=O) groups is 2. The average molecular weight is 292 g/mol. The number of rotatable bonds is 2. The molecule has 4 heteroatoms. The Morgan fingerprint density at radius 2 is 1.95 bits per heavy atom. The highest BCUT2D eigenvalue weighted by Gasteiger charge is 2.53. The molecule has 4 aliphatic rings. The summed E-state index contributed by atoms with van der Waals surface area (Å²) in [5.74, 6) is 1.42. The van der Waals surface area contributed by atoms with Gasteiger partial charge in [0.1, 0.15) is 12.2 Å². The number of hydrogen-bond donors (Lipinski definition) is 0. The second-order valence-corrected chi connectivity index (χ2v) is 8.03. The molecule has 0 aromatic rings. The van der Waals surface area contributed by atoms with Crippen molar-refractivity contribution in [3.63, 3.8) is 0 Å². The van der Waals surface area contributed by atoms with Crippen molar-refractivity contribution in [2.45, 2.75) is 64.6 Å². The van der Waals surface area contributed by atoms with E-state index in [0.717, 1.165) is 38.5 Å². The fraction of sp³-hybridized carbons (Fsp3) is 0.882. The first-order valence-electron chi connectivity index (χ1n) is 8.38. The van der Waals surface area contributed by atoms with Gasteiger partial charge in [-0.1, -0.05) is 6.92 Å². The molecule has 7 atom stereocenters. The highest BCUT2D eigenvalue weighted by molar-refractivity contribution is 5.79. The highest BCUT2D eigenvalue weighted by Crippen LogP contribution is 2.51. The van der Waals surface area contributed by atoms with Gasteiger partial charge in [0.05, 0.1) is 11.3 Å². The van der Waals surface area contributed by atoms with Crippen LogP contribution in [0.4, 0.5) is 0 Å². The monoisotopic (exact) mass is 292 g/mol. The normalized spacial score (nSPS) is 51.7. The van der Waals surface area contributed by atoms with Gasteiger partial charge in [-0.15, -0.1) is 0 Å². The summed E-state index contributed by atoms with van der Waals surface area (Å²) in [4.78, 5) is 24.0. The molecule has 0 amide bonds. The van der Waals surface area contributed by atoms with Gasteiger partial charge in [0.25, 0.3) is 0 Å². The zero-order valence-electron chi connectivity index (χ0n) is 12.8. The van der Waals surface area contributed by atoms with Crippen molar-refractivity contribution in [1.82, 2.24) is 0 Å². The number of hydrogen-bond acceptors (Lipinski definition) is 4. The fourth-order valence-corrected chi connectivity index (χ4v) is 5.08. The minimum Gasteiger partial charge on any atom is -0.462 e. The molecule has 2 saturated heterocycles. The molecule has 2 aliphatic carbocycles. The van der Waals surface area contributed by atoms with Crippen molar-refractivity contribution < 1.29 is 19.1 Å². The van der Waals surface area contributed by atoms with Crippen molar-refractivity contribution in [1.29, 1.82) is 0 Å². The molecule has 0 radical (unpaired) electrons. The molecule has 4 unspecified atom stereocenters. The van der Waals surface area contributed by atoms with Crippen LogP contribution in [0.15, 0.2) is 0 Å². The van der Waals surface area contributed by atoms with E-state index in [1.54, 1.807) is 0 Å². The van der Waals surface area contributed by atoms with Crippen LogP contribution in [0.3, 0.4) is 0 Å². The molecule has 4 nitrogen and oxygen atoms in total. The van der Waals surface area contributed by atoms with E-state index >= 15 is 0 Å². The van der Waals surface area contributed by atoms with Crippen LogP contribution in [0.5, 0.6) is 0 Å². The van der Waals surface area contributed by atoms with Crippen LogP contribution in [0, 0.1) is 29.1 Å². The van der Waals surface area contributed by atoms with Gasteiger partial charge in [0.15, 0.2) is 0 Å². The maximum absolute atomic E-state index is 12.0. The van der Waals surface area contributed by atoms with Gasteiger partial charge in [-0.3, -0.25) is 9.59 Å². The van der Waals surface area contributed by atoms with Crippen LogP contribution in [0.1, 0.15) is 52.4 Å². The smallest absolute Gasteiger partial charge is 0.312 e. The Kier molecular flexibility index (Phi) is 2.89. The molecule has 116 valence electrons. The van der Waals surface area contributed by atoms with Gasteiger partial charge < -0.3 is 9.47 Å². The number of fused-ring (bicyclic) bond motifs is 4. The predicted octanol–water partition coefficient (Wildman–Crippen LogP) is 2.70. The summed E-state index contributed by atoms with van der Waals surface area (Å²) >= 11 is 0. The van der Waals surface area contributed by atoms with Crippen LogP contribution in [0.2, 0.25) is 0 Å². The van der Waals surface area contributed by atoms with Crippen LogP contribution in [0.25, 0.3) is 0 Å². The number of carbonyl (C=O) groups excluding carboxylic acids is 2. The van der Waals surface area contributed by atoms with Crippen LogP contribution < -0.4 is 0 Å². The second-order valence-electron chi connectivity index (χ2n) is 8.03. The molecule has 2 heterocycles. The van der Waals surface area contributed by atoms with Crippen LogP contribution in [-0.2, 0) is 19.1 Å². The second kappa shape index (κ2) is 4.47. The van der Waals surface area contributed by atoms with E-state index in [2.05, 4.69) is 6.92 Å². The fourth-order valence-electron chi connectivity index (χ4n) is 5.08. The number of ether oxygens (including phenoxy) is 2. The molecule has 4 rings (SSSR count). The third-order valence-corrected chi connectivity index (χ3v) is 6.54.